The lowest BCUT2D eigenvalue weighted by Gasteiger charge is -2.09. The lowest BCUT2D eigenvalue weighted by atomic mass is 10.0. The van der Waals surface area contributed by atoms with E-state index >= 15 is 0 Å². The molecule has 0 fully saturated rings. The Bertz CT molecular complexity index is 1080. The highest BCUT2D eigenvalue weighted by Crippen LogP contribution is 2.24. The molecule has 0 aliphatic rings. The van der Waals surface area contributed by atoms with Gasteiger partial charge in [0.2, 0.25) is 15.7 Å². The second kappa shape index (κ2) is 7.72. The fourth-order valence-electron chi connectivity index (χ4n) is 2.85. The van der Waals surface area contributed by atoms with Crippen LogP contribution in [0, 0.1) is 5.82 Å². The molecule has 0 aromatic heterocycles. The van der Waals surface area contributed by atoms with Crippen LogP contribution >= 0.6 is 0 Å². The first-order valence-electron chi connectivity index (χ1n) is 8.36. The zero-order chi connectivity index (χ0) is 19.4. The van der Waals surface area contributed by atoms with Crippen LogP contribution in [-0.2, 0) is 22.7 Å². The van der Waals surface area contributed by atoms with Gasteiger partial charge in [-0.25, -0.2) is 12.8 Å². The van der Waals surface area contributed by atoms with Gasteiger partial charge in [-0.2, -0.15) is 0 Å². The van der Waals surface area contributed by atoms with Crippen LogP contribution in [0.1, 0.15) is 21.5 Å². The number of amides is 1. The lowest BCUT2D eigenvalue weighted by Crippen LogP contribution is -2.16. The summed E-state index contributed by atoms with van der Waals surface area (Å²) in [5, 5.41) is 0. The Morgan fingerprint density at radius 2 is 1.48 bits per heavy atom. The van der Waals surface area contributed by atoms with Crippen LogP contribution < -0.4 is 5.73 Å². The van der Waals surface area contributed by atoms with E-state index in [1.165, 1.54) is 30.3 Å². The molecule has 0 aliphatic carbocycles. The molecule has 0 saturated heterocycles. The molecular formula is C21H18FNO3S. The van der Waals surface area contributed by atoms with Crippen molar-refractivity contribution in [2.75, 3.05) is 0 Å². The minimum absolute atomic E-state index is 0.0406. The third-order valence-electron chi connectivity index (χ3n) is 4.32. The maximum absolute atomic E-state index is 13.7. The smallest absolute Gasteiger partial charge is 0.250 e. The average Bonchev–Trinajstić information content (AvgIpc) is 2.67. The Morgan fingerprint density at radius 1 is 0.852 bits per heavy atom. The molecule has 2 N–H and O–H groups in total. The molecule has 138 valence electrons. The maximum atomic E-state index is 13.7. The molecule has 27 heavy (non-hydrogen) atoms. The molecule has 3 aromatic carbocycles. The van der Waals surface area contributed by atoms with Crippen molar-refractivity contribution < 1.29 is 17.6 Å². The third kappa shape index (κ3) is 4.06. The standard InChI is InChI=1S/C21H18FNO3S/c22-19-7-3-1-5-16(19)12-9-15-10-13-17(14-11-15)27(25,26)20-8-4-2-6-18(20)21(23)24/h1-8,10-11,13-14H,9,12H2,(H2,23,24). The SMILES string of the molecule is NC(=O)c1ccccc1S(=O)(=O)c1ccc(CCc2ccccc2F)cc1. The van der Waals surface area contributed by atoms with Crippen LogP contribution in [0.15, 0.2) is 82.6 Å². The zero-order valence-electron chi connectivity index (χ0n) is 14.4. The highest BCUT2D eigenvalue weighted by atomic mass is 32.2. The molecule has 0 bridgehead atoms. The summed E-state index contributed by atoms with van der Waals surface area (Å²) in [7, 11) is -3.87. The van der Waals surface area contributed by atoms with Gasteiger partial charge < -0.3 is 5.73 Å². The van der Waals surface area contributed by atoms with E-state index in [4.69, 9.17) is 5.73 Å². The van der Waals surface area contributed by atoms with Crippen molar-refractivity contribution in [3.05, 3.63) is 95.3 Å². The Labute approximate surface area is 157 Å². The number of hydrogen-bond donors (Lipinski definition) is 1. The van der Waals surface area contributed by atoms with Gasteiger partial charge in [0.25, 0.3) is 0 Å². The topological polar surface area (TPSA) is 77.2 Å². The summed E-state index contributed by atoms with van der Waals surface area (Å²) in [5.41, 5.74) is 6.75. The average molecular weight is 383 g/mol. The Balaban J connectivity index is 1.83. The summed E-state index contributed by atoms with van der Waals surface area (Å²) < 4.78 is 39.4. The van der Waals surface area contributed by atoms with Crippen molar-refractivity contribution in [2.45, 2.75) is 22.6 Å². The number of nitrogens with two attached hydrogens (primary N) is 1. The van der Waals surface area contributed by atoms with E-state index in [0.717, 1.165) is 5.56 Å². The molecule has 4 nitrogen and oxygen atoms in total. The molecule has 6 heteroatoms. The van der Waals surface area contributed by atoms with Crippen molar-refractivity contribution in [2.24, 2.45) is 5.73 Å². The third-order valence-corrected chi connectivity index (χ3v) is 6.14. The normalized spacial score (nSPS) is 11.3. The van der Waals surface area contributed by atoms with Gasteiger partial charge in [-0.3, -0.25) is 4.79 Å². The number of primary amides is 1. The Morgan fingerprint density at radius 3 is 2.15 bits per heavy atom. The number of sulfone groups is 1. The van der Waals surface area contributed by atoms with E-state index in [0.29, 0.717) is 18.4 Å². The molecule has 0 saturated carbocycles. The van der Waals surface area contributed by atoms with Crippen LogP contribution in [0.5, 0.6) is 0 Å². The summed E-state index contributed by atoms with van der Waals surface area (Å²) in [5.74, 6) is -1.05. The number of carbonyl (C=O) groups is 1. The minimum Gasteiger partial charge on any atom is -0.366 e. The summed E-state index contributed by atoms with van der Waals surface area (Å²) in [6.07, 6.45) is 1.10. The number of hydrogen-bond acceptors (Lipinski definition) is 3. The number of benzene rings is 3. The van der Waals surface area contributed by atoms with Gasteiger partial charge in [0.05, 0.1) is 15.4 Å². The maximum Gasteiger partial charge on any atom is 0.250 e. The van der Waals surface area contributed by atoms with Gasteiger partial charge in [0.15, 0.2) is 0 Å². The number of carbonyl (C=O) groups excluding carboxylic acids is 1. The summed E-state index contributed by atoms with van der Waals surface area (Å²) >= 11 is 0. The van der Waals surface area contributed by atoms with Crippen molar-refractivity contribution in [1.82, 2.24) is 0 Å². The van der Waals surface area contributed by atoms with Gasteiger partial charge in [0.1, 0.15) is 5.82 Å². The van der Waals surface area contributed by atoms with Gasteiger partial charge in [0, 0.05) is 0 Å². The summed E-state index contributed by atoms with van der Waals surface area (Å²) in [4.78, 5) is 11.5. The lowest BCUT2D eigenvalue weighted by molar-refractivity contribution is 0.0997. The van der Waals surface area contributed by atoms with Crippen LogP contribution in [0.4, 0.5) is 4.39 Å². The quantitative estimate of drug-likeness (QED) is 0.707. The molecule has 1 amide bonds. The highest BCUT2D eigenvalue weighted by molar-refractivity contribution is 7.91. The van der Waals surface area contributed by atoms with Crippen LogP contribution in [0.3, 0.4) is 0 Å². The summed E-state index contributed by atoms with van der Waals surface area (Å²) in [6.45, 7) is 0. The summed E-state index contributed by atoms with van der Waals surface area (Å²) in [6, 6.07) is 18.8. The minimum atomic E-state index is -3.87. The van der Waals surface area contributed by atoms with Crippen molar-refractivity contribution in [3.8, 4) is 0 Å². The van der Waals surface area contributed by atoms with Gasteiger partial charge in [-0.05, 0) is 54.3 Å². The number of rotatable bonds is 6. The second-order valence-electron chi connectivity index (χ2n) is 6.10. The van der Waals surface area contributed by atoms with E-state index in [1.54, 1.807) is 42.5 Å². The molecule has 0 spiro atoms. The van der Waals surface area contributed by atoms with Gasteiger partial charge in [-0.15, -0.1) is 0 Å². The molecule has 0 atom stereocenters. The van der Waals surface area contributed by atoms with E-state index < -0.39 is 15.7 Å². The molecule has 0 aliphatic heterocycles. The van der Waals surface area contributed by atoms with Gasteiger partial charge >= 0.3 is 0 Å². The van der Waals surface area contributed by atoms with Crippen molar-refractivity contribution in [1.29, 1.82) is 0 Å². The number of aryl methyl sites for hydroxylation is 2. The van der Waals surface area contributed by atoms with Gasteiger partial charge in [-0.1, -0.05) is 42.5 Å². The fourth-order valence-corrected chi connectivity index (χ4v) is 4.31. The zero-order valence-corrected chi connectivity index (χ0v) is 15.2. The first kappa shape index (κ1) is 18.8. The Kier molecular flexibility index (Phi) is 5.37. The van der Waals surface area contributed by atoms with Crippen molar-refractivity contribution in [3.63, 3.8) is 0 Å². The van der Waals surface area contributed by atoms with E-state index in [1.807, 2.05) is 0 Å². The van der Waals surface area contributed by atoms with Crippen LogP contribution in [0.2, 0.25) is 0 Å². The second-order valence-corrected chi connectivity index (χ2v) is 8.02. The predicted octanol–water partition coefficient (Wildman–Crippen LogP) is 3.54. The Hall–Kier alpha value is -2.99. The van der Waals surface area contributed by atoms with E-state index in [9.17, 15) is 17.6 Å². The van der Waals surface area contributed by atoms with Crippen LogP contribution in [-0.4, -0.2) is 14.3 Å². The van der Waals surface area contributed by atoms with Crippen molar-refractivity contribution >= 4 is 15.7 Å². The molecule has 3 rings (SSSR count). The fraction of sp³-hybridized carbons (Fsp3) is 0.0952. The predicted molar refractivity (Wildman–Crippen MR) is 101 cm³/mol. The molecule has 0 heterocycles. The first-order valence-corrected chi connectivity index (χ1v) is 9.84. The van der Waals surface area contributed by atoms with Crippen LogP contribution in [0.25, 0.3) is 0 Å². The van der Waals surface area contributed by atoms with E-state index in [-0.39, 0.29) is 21.2 Å². The molecule has 0 radical (unpaired) electrons. The molecule has 0 unspecified atom stereocenters. The molecular weight excluding hydrogens is 365 g/mol. The highest BCUT2D eigenvalue weighted by Gasteiger charge is 2.23. The first-order chi connectivity index (χ1) is 12.9. The number of halogens is 1. The van der Waals surface area contributed by atoms with E-state index in [2.05, 4.69) is 0 Å². The largest absolute Gasteiger partial charge is 0.366 e. The molecule has 3 aromatic rings. The monoisotopic (exact) mass is 383 g/mol.